The number of aryl methyl sites for hydroxylation is 1. The zero-order valence-corrected chi connectivity index (χ0v) is 13.5. The van der Waals surface area contributed by atoms with E-state index in [0.29, 0.717) is 6.04 Å². The molecule has 1 aromatic rings. The second-order valence-electron chi connectivity index (χ2n) is 6.67. The number of nitrogens with one attached hydrogen (secondary N) is 1. The minimum absolute atomic E-state index is 0.495. The van der Waals surface area contributed by atoms with E-state index < -0.39 is 0 Å². The van der Waals surface area contributed by atoms with Gasteiger partial charge in [0.05, 0.1) is 13.1 Å². The maximum absolute atomic E-state index is 6.03. The van der Waals surface area contributed by atoms with E-state index >= 15 is 0 Å². The molecule has 1 fully saturated rings. The molecule has 1 atom stereocenters. The van der Waals surface area contributed by atoms with Crippen LogP contribution in [-0.2, 0) is 13.1 Å². The second kappa shape index (κ2) is 7.28. The number of hydrogen-bond acceptors (Lipinski definition) is 3. The molecule has 0 aliphatic carbocycles. The largest absolute Gasteiger partial charge is 0.463 e. The molecule has 0 amide bonds. The molecule has 1 aromatic heterocycles. The summed E-state index contributed by atoms with van der Waals surface area (Å²) in [6, 6.07) is 2.71. The van der Waals surface area contributed by atoms with Crippen molar-refractivity contribution in [1.82, 2.24) is 10.2 Å². The van der Waals surface area contributed by atoms with Crippen molar-refractivity contribution in [3.8, 4) is 0 Å². The number of likely N-dealkylation sites (tertiary alicyclic amines) is 1. The first-order valence-electron chi connectivity index (χ1n) is 8.08. The summed E-state index contributed by atoms with van der Waals surface area (Å²) in [6.07, 6.45) is 4.02. The molecular weight excluding hydrogens is 248 g/mol. The summed E-state index contributed by atoms with van der Waals surface area (Å²) in [7, 11) is 0. The van der Waals surface area contributed by atoms with E-state index in [1.54, 1.807) is 0 Å². The SMILES string of the molecule is Cc1cc(CN2CCCC(C)CC2)oc1CNC(C)C. The van der Waals surface area contributed by atoms with Crippen molar-refractivity contribution in [2.45, 2.75) is 66.1 Å². The highest BCUT2D eigenvalue weighted by atomic mass is 16.3. The monoisotopic (exact) mass is 278 g/mol. The zero-order chi connectivity index (χ0) is 14.5. The lowest BCUT2D eigenvalue weighted by molar-refractivity contribution is 0.247. The maximum atomic E-state index is 6.03. The molecule has 1 aliphatic rings. The summed E-state index contributed by atoms with van der Waals surface area (Å²) in [6.45, 7) is 13.1. The molecule has 3 nitrogen and oxygen atoms in total. The summed E-state index contributed by atoms with van der Waals surface area (Å²) < 4.78 is 6.03. The Labute approximate surface area is 123 Å². The van der Waals surface area contributed by atoms with Gasteiger partial charge in [-0.05, 0) is 56.8 Å². The number of furan rings is 1. The van der Waals surface area contributed by atoms with Crippen LogP contribution in [0, 0.1) is 12.8 Å². The van der Waals surface area contributed by atoms with Crippen LogP contribution in [-0.4, -0.2) is 24.0 Å². The molecule has 1 unspecified atom stereocenters. The second-order valence-corrected chi connectivity index (χ2v) is 6.67. The third-order valence-corrected chi connectivity index (χ3v) is 4.23. The topological polar surface area (TPSA) is 28.4 Å². The van der Waals surface area contributed by atoms with E-state index in [9.17, 15) is 0 Å². The molecule has 0 saturated carbocycles. The van der Waals surface area contributed by atoms with Gasteiger partial charge in [-0.1, -0.05) is 20.8 Å². The van der Waals surface area contributed by atoms with Crippen LogP contribution in [0.2, 0.25) is 0 Å². The van der Waals surface area contributed by atoms with Crippen molar-refractivity contribution in [2.75, 3.05) is 13.1 Å². The van der Waals surface area contributed by atoms with Gasteiger partial charge in [-0.2, -0.15) is 0 Å². The first-order chi connectivity index (χ1) is 9.54. The molecule has 0 spiro atoms. The van der Waals surface area contributed by atoms with Gasteiger partial charge in [0.1, 0.15) is 11.5 Å². The minimum Gasteiger partial charge on any atom is -0.463 e. The standard InChI is InChI=1S/C17H30N2O/c1-13(2)18-11-17-15(4)10-16(20-17)12-19-8-5-6-14(3)7-9-19/h10,13-14,18H,5-9,11-12H2,1-4H3. The summed E-state index contributed by atoms with van der Waals surface area (Å²) >= 11 is 0. The van der Waals surface area contributed by atoms with Crippen LogP contribution in [0.5, 0.6) is 0 Å². The maximum Gasteiger partial charge on any atom is 0.120 e. The lowest BCUT2D eigenvalue weighted by Crippen LogP contribution is -2.24. The molecule has 0 radical (unpaired) electrons. The quantitative estimate of drug-likeness (QED) is 0.890. The van der Waals surface area contributed by atoms with Crippen molar-refractivity contribution in [2.24, 2.45) is 5.92 Å². The fraction of sp³-hybridized carbons (Fsp3) is 0.765. The molecule has 0 aromatic carbocycles. The van der Waals surface area contributed by atoms with Crippen LogP contribution in [0.1, 0.15) is 57.1 Å². The Hall–Kier alpha value is -0.800. The van der Waals surface area contributed by atoms with E-state index in [2.05, 4.69) is 44.0 Å². The third kappa shape index (κ3) is 4.64. The average Bonchev–Trinajstić information content (AvgIpc) is 2.59. The van der Waals surface area contributed by atoms with Crippen LogP contribution < -0.4 is 5.32 Å². The van der Waals surface area contributed by atoms with Crippen molar-refractivity contribution >= 4 is 0 Å². The highest BCUT2D eigenvalue weighted by molar-refractivity contribution is 5.20. The molecular formula is C17H30N2O. The van der Waals surface area contributed by atoms with Gasteiger partial charge in [0.25, 0.3) is 0 Å². The van der Waals surface area contributed by atoms with Gasteiger partial charge in [-0.15, -0.1) is 0 Å². The molecule has 1 N–H and O–H groups in total. The Bertz CT molecular complexity index is 411. The first-order valence-corrected chi connectivity index (χ1v) is 8.08. The van der Waals surface area contributed by atoms with Gasteiger partial charge in [0.15, 0.2) is 0 Å². The Morgan fingerprint density at radius 2 is 2.15 bits per heavy atom. The molecule has 2 heterocycles. The molecule has 2 rings (SSSR count). The van der Waals surface area contributed by atoms with Gasteiger partial charge in [-0.25, -0.2) is 0 Å². The van der Waals surface area contributed by atoms with Gasteiger partial charge in [0.2, 0.25) is 0 Å². The predicted octanol–water partition coefficient (Wildman–Crippen LogP) is 3.71. The number of rotatable bonds is 5. The van der Waals surface area contributed by atoms with Crippen LogP contribution in [0.25, 0.3) is 0 Å². The van der Waals surface area contributed by atoms with Crippen molar-refractivity contribution in [1.29, 1.82) is 0 Å². The Morgan fingerprint density at radius 1 is 1.35 bits per heavy atom. The van der Waals surface area contributed by atoms with E-state index in [0.717, 1.165) is 30.5 Å². The van der Waals surface area contributed by atoms with Crippen molar-refractivity contribution in [3.63, 3.8) is 0 Å². The van der Waals surface area contributed by atoms with Gasteiger partial charge in [0, 0.05) is 6.04 Å². The normalized spacial score (nSPS) is 21.4. The molecule has 0 bridgehead atoms. The summed E-state index contributed by atoms with van der Waals surface area (Å²) in [5.74, 6) is 3.10. The molecule has 20 heavy (non-hydrogen) atoms. The van der Waals surface area contributed by atoms with E-state index in [1.165, 1.54) is 37.9 Å². The van der Waals surface area contributed by atoms with Crippen molar-refractivity contribution < 1.29 is 4.42 Å². The smallest absolute Gasteiger partial charge is 0.120 e. The molecule has 1 aliphatic heterocycles. The number of nitrogens with zero attached hydrogens (tertiary/aromatic N) is 1. The van der Waals surface area contributed by atoms with E-state index in [1.807, 2.05) is 0 Å². The summed E-state index contributed by atoms with van der Waals surface area (Å²) in [5, 5.41) is 3.43. The molecule has 3 heteroatoms. The minimum atomic E-state index is 0.495. The Kier molecular flexibility index (Phi) is 5.67. The molecule has 114 valence electrons. The highest BCUT2D eigenvalue weighted by Gasteiger charge is 2.16. The predicted molar refractivity (Wildman–Crippen MR) is 83.7 cm³/mol. The Morgan fingerprint density at radius 3 is 2.90 bits per heavy atom. The Balaban J connectivity index is 1.90. The molecule has 1 saturated heterocycles. The lowest BCUT2D eigenvalue weighted by Gasteiger charge is -2.18. The fourth-order valence-electron chi connectivity index (χ4n) is 2.84. The van der Waals surface area contributed by atoms with Crippen LogP contribution >= 0.6 is 0 Å². The number of hydrogen-bond donors (Lipinski definition) is 1. The van der Waals surface area contributed by atoms with Gasteiger partial charge >= 0.3 is 0 Å². The van der Waals surface area contributed by atoms with Crippen molar-refractivity contribution in [3.05, 3.63) is 23.2 Å². The summed E-state index contributed by atoms with van der Waals surface area (Å²) in [4.78, 5) is 2.54. The van der Waals surface area contributed by atoms with Crippen LogP contribution in [0.3, 0.4) is 0 Å². The van der Waals surface area contributed by atoms with Gasteiger partial charge in [-0.3, -0.25) is 4.90 Å². The third-order valence-electron chi connectivity index (χ3n) is 4.23. The lowest BCUT2D eigenvalue weighted by atomic mass is 10.0. The summed E-state index contributed by atoms with van der Waals surface area (Å²) in [5.41, 5.74) is 1.27. The van der Waals surface area contributed by atoms with E-state index in [-0.39, 0.29) is 0 Å². The highest BCUT2D eigenvalue weighted by Crippen LogP contribution is 2.20. The fourth-order valence-corrected chi connectivity index (χ4v) is 2.84. The zero-order valence-electron chi connectivity index (χ0n) is 13.5. The van der Waals surface area contributed by atoms with Crippen LogP contribution in [0.4, 0.5) is 0 Å². The van der Waals surface area contributed by atoms with E-state index in [4.69, 9.17) is 4.42 Å². The first kappa shape index (κ1) is 15.6. The average molecular weight is 278 g/mol. The van der Waals surface area contributed by atoms with Gasteiger partial charge < -0.3 is 9.73 Å². The van der Waals surface area contributed by atoms with Crippen LogP contribution in [0.15, 0.2) is 10.5 Å².